The maximum absolute atomic E-state index is 12.3. The zero-order valence-corrected chi connectivity index (χ0v) is 18.4. The van der Waals surface area contributed by atoms with Crippen LogP contribution in [0.3, 0.4) is 0 Å². The maximum atomic E-state index is 12.3. The van der Waals surface area contributed by atoms with Crippen LogP contribution >= 0.6 is 11.8 Å². The Bertz CT molecular complexity index is 1120. The van der Waals surface area contributed by atoms with Crippen LogP contribution in [0.25, 0.3) is 16.6 Å². The summed E-state index contributed by atoms with van der Waals surface area (Å²) >= 11 is 1.31. The van der Waals surface area contributed by atoms with Crippen LogP contribution in [0.5, 0.6) is 0 Å². The second-order valence-electron chi connectivity index (χ2n) is 8.13. The number of aryl methyl sites for hydroxylation is 3. The summed E-state index contributed by atoms with van der Waals surface area (Å²) in [6, 6.07) is 6.42. The number of thioether (sulfide) groups is 1. The molecule has 2 N–H and O–H groups in total. The van der Waals surface area contributed by atoms with E-state index in [1.54, 1.807) is 0 Å². The third-order valence-electron chi connectivity index (χ3n) is 5.88. The topological polar surface area (TPSA) is 88.4 Å². The number of hydrogen-bond donors (Lipinski definition) is 2. The number of hydrazine groups is 1. The Labute approximate surface area is 180 Å². The van der Waals surface area contributed by atoms with Crippen LogP contribution in [0, 0.1) is 26.7 Å². The summed E-state index contributed by atoms with van der Waals surface area (Å²) in [5, 5.41) is 10.4. The Morgan fingerprint density at radius 3 is 2.47 bits per heavy atom. The van der Waals surface area contributed by atoms with Crippen molar-refractivity contribution < 1.29 is 9.59 Å². The lowest BCUT2D eigenvalue weighted by Crippen LogP contribution is -2.45. The second kappa shape index (κ2) is 8.63. The van der Waals surface area contributed by atoms with Crippen LogP contribution in [0.2, 0.25) is 0 Å². The van der Waals surface area contributed by atoms with E-state index in [0.29, 0.717) is 5.16 Å². The van der Waals surface area contributed by atoms with Gasteiger partial charge in [-0.2, -0.15) is 0 Å². The molecule has 7 nitrogen and oxygen atoms in total. The molecule has 30 heavy (non-hydrogen) atoms. The molecule has 2 aromatic heterocycles. The van der Waals surface area contributed by atoms with E-state index >= 15 is 0 Å². The number of benzene rings is 1. The Balaban J connectivity index is 1.47. The zero-order chi connectivity index (χ0) is 21.3. The number of nitrogens with one attached hydrogen (secondary N) is 2. The molecule has 1 fully saturated rings. The van der Waals surface area contributed by atoms with Crippen molar-refractivity contribution >= 4 is 40.1 Å². The summed E-state index contributed by atoms with van der Waals surface area (Å²) < 4.78 is 2.01. The molecule has 1 aromatic carbocycles. The standard InChI is InChI=1S/C22H27N5O2S/c1-13-9-17-10-15(3)20-24-26-22(27(20)18(17)11-14(13)2)30-12-19(28)23-25-21(29)16-7-5-4-6-8-16/h9-11,16H,4-8,12H2,1-3H3,(H,23,28)(H,25,29). The highest BCUT2D eigenvalue weighted by atomic mass is 32.2. The van der Waals surface area contributed by atoms with Gasteiger partial charge in [-0.05, 0) is 73.9 Å². The summed E-state index contributed by atoms with van der Waals surface area (Å²) in [5.74, 6) is -0.196. The first-order valence-electron chi connectivity index (χ1n) is 10.4. The highest BCUT2D eigenvalue weighted by molar-refractivity contribution is 7.99. The molecule has 0 saturated heterocycles. The molecule has 0 atom stereocenters. The molecule has 0 aliphatic heterocycles. The van der Waals surface area contributed by atoms with E-state index in [2.05, 4.69) is 53.1 Å². The molecule has 1 aliphatic rings. The summed E-state index contributed by atoms with van der Waals surface area (Å²) in [5.41, 5.74) is 10.4. The van der Waals surface area contributed by atoms with Gasteiger partial charge in [-0.25, -0.2) is 0 Å². The van der Waals surface area contributed by atoms with Crippen molar-refractivity contribution in [2.75, 3.05) is 5.75 Å². The van der Waals surface area contributed by atoms with Gasteiger partial charge in [0.25, 0.3) is 0 Å². The average molecular weight is 426 g/mol. The van der Waals surface area contributed by atoms with Crippen LogP contribution < -0.4 is 10.9 Å². The van der Waals surface area contributed by atoms with Crippen LogP contribution in [-0.2, 0) is 9.59 Å². The number of amides is 2. The van der Waals surface area contributed by atoms with E-state index < -0.39 is 0 Å². The number of carbonyl (C=O) groups is 2. The molecule has 2 heterocycles. The van der Waals surface area contributed by atoms with E-state index in [9.17, 15) is 9.59 Å². The molecular formula is C22H27N5O2S. The Kier molecular flexibility index (Phi) is 5.94. The molecule has 0 radical (unpaired) electrons. The Hall–Kier alpha value is -2.61. The lowest BCUT2D eigenvalue weighted by Gasteiger charge is -2.20. The van der Waals surface area contributed by atoms with Gasteiger partial charge in [-0.15, -0.1) is 10.2 Å². The molecule has 158 valence electrons. The largest absolute Gasteiger partial charge is 0.273 e. The summed E-state index contributed by atoms with van der Waals surface area (Å²) in [7, 11) is 0. The normalized spacial score (nSPS) is 14.9. The highest BCUT2D eigenvalue weighted by Gasteiger charge is 2.21. The van der Waals surface area contributed by atoms with Crippen molar-refractivity contribution in [3.8, 4) is 0 Å². The molecule has 1 saturated carbocycles. The average Bonchev–Trinajstić information content (AvgIpc) is 3.17. The predicted octanol–water partition coefficient (Wildman–Crippen LogP) is 3.63. The number of aromatic nitrogens is 3. The van der Waals surface area contributed by atoms with Crippen LogP contribution in [0.15, 0.2) is 23.4 Å². The van der Waals surface area contributed by atoms with Crippen LogP contribution in [-0.4, -0.2) is 32.2 Å². The third kappa shape index (κ3) is 4.14. The first-order valence-corrected chi connectivity index (χ1v) is 11.4. The van der Waals surface area contributed by atoms with Gasteiger partial charge >= 0.3 is 0 Å². The van der Waals surface area contributed by atoms with Crippen molar-refractivity contribution in [1.82, 2.24) is 25.4 Å². The molecule has 8 heteroatoms. The number of rotatable bonds is 4. The fourth-order valence-electron chi connectivity index (χ4n) is 4.03. The van der Waals surface area contributed by atoms with Gasteiger partial charge in [0, 0.05) is 5.92 Å². The van der Waals surface area contributed by atoms with E-state index in [4.69, 9.17) is 0 Å². The molecule has 0 bridgehead atoms. The molecule has 1 aliphatic carbocycles. The SMILES string of the molecule is Cc1cc2cc(C)c3nnc(SCC(=O)NNC(=O)C4CCCCC4)n3c2cc1C. The van der Waals surface area contributed by atoms with E-state index in [0.717, 1.165) is 47.8 Å². The summed E-state index contributed by atoms with van der Waals surface area (Å²) in [6.45, 7) is 6.20. The smallest absolute Gasteiger partial charge is 0.248 e. The number of carbonyl (C=O) groups excluding carboxylic acids is 2. The monoisotopic (exact) mass is 425 g/mol. The van der Waals surface area contributed by atoms with Crippen molar-refractivity contribution in [1.29, 1.82) is 0 Å². The molecule has 0 spiro atoms. The highest BCUT2D eigenvalue weighted by Crippen LogP contribution is 2.27. The van der Waals surface area contributed by atoms with Crippen LogP contribution in [0.4, 0.5) is 0 Å². The van der Waals surface area contributed by atoms with Gasteiger partial charge < -0.3 is 0 Å². The van der Waals surface area contributed by atoms with Gasteiger partial charge in [0.2, 0.25) is 11.8 Å². The van der Waals surface area contributed by atoms with Crippen molar-refractivity contribution in [3.63, 3.8) is 0 Å². The number of pyridine rings is 1. The molecule has 2 amide bonds. The minimum Gasteiger partial charge on any atom is -0.273 e. The van der Waals surface area contributed by atoms with E-state index in [1.807, 2.05) is 11.3 Å². The minimum absolute atomic E-state index is 0.00757. The molecule has 3 aromatic rings. The fourth-order valence-corrected chi connectivity index (χ4v) is 4.78. The molecule has 0 unspecified atom stereocenters. The third-order valence-corrected chi connectivity index (χ3v) is 6.80. The second-order valence-corrected chi connectivity index (χ2v) is 9.07. The van der Waals surface area contributed by atoms with Gasteiger partial charge in [0.05, 0.1) is 11.3 Å². The zero-order valence-electron chi connectivity index (χ0n) is 17.6. The van der Waals surface area contributed by atoms with Gasteiger partial charge in [0.15, 0.2) is 10.8 Å². The first kappa shape index (κ1) is 20.7. The Morgan fingerprint density at radius 1 is 1.00 bits per heavy atom. The Morgan fingerprint density at radius 2 is 1.70 bits per heavy atom. The quantitative estimate of drug-likeness (QED) is 0.492. The predicted molar refractivity (Wildman–Crippen MR) is 118 cm³/mol. The van der Waals surface area contributed by atoms with E-state index in [1.165, 1.54) is 29.3 Å². The minimum atomic E-state index is -0.259. The number of fused-ring (bicyclic) bond motifs is 3. The summed E-state index contributed by atoms with van der Waals surface area (Å²) in [4.78, 5) is 24.5. The van der Waals surface area contributed by atoms with Gasteiger partial charge in [-0.3, -0.25) is 24.8 Å². The number of nitrogens with zero attached hydrogens (tertiary/aromatic N) is 3. The van der Waals surface area contributed by atoms with Gasteiger partial charge in [-0.1, -0.05) is 31.0 Å². The molecule has 4 rings (SSSR count). The first-order chi connectivity index (χ1) is 14.4. The van der Waals surface area contributed by atoms with Crippen molar-refractivity contribution in [3.05, 3.63) is 34.9 Å². The fraction of sp³-hybridized carbons (Fsp3) is 0.455. The number of hydrogen-bond acceptors (Lipinski definition) is 5. The van der Waals surface area contributed by atoms with Gasteiger partial charge in [0.1, 0.15) is 0 Å². The van der Waals surface area contributed by atoms with Crippen LogP contribution in [0.1, 0.15) is 48.8 Å². The van der Waals surface area contributed by atoms with E-state index in [-0.39, 0.29) is 23.5 Å². The maximum Gasteiger partial charge on any atom is 0.248 e. The molecular weight excluding hydrogens is 398 g/mol. The lowest BCUT2D eigenvalue weighted by molar-refractivity contribution is -0.131. The lowest BCUT2D eigenvalue weighted by atomic mass is 9.89. The van der Waals surface area contributed by atoms with Crippen molar-refractivity contribution in [2.45, 2.75) is 58.0 Å². The van der Waals surface area contributed by atoms with Crippen molar-refractivity contribution in [2.24, 2.45) is 5.92 Å². The summed E-state index contributed by atoms with van der Waals surface area (Å²) in [6.07, 6.45) is 5.13.